The number of thioether (sulfide) groups is 1. The van der Waals surface area contributed by atoms with Crippen LogP contribution in [-0.2, 0) is 0 Å². The van der Waals surface area contributed by atoms with Crippen LogP contribution in [0, 0.1) is 6.92 Å². The molecule has 0 fully saturated rings. The van der Waals surface area contributed by atoms with E-state index in [4.69, 9.17) is 11.6 Å². The van der Waals surface area contributed by atoms with E-state index in [1.807, 2.05) is 37.0 Å². The molecule has 0 amide bonds. The second-order valence-corrected chi connectivity index (χ2v) is 6.23. The van der Waals surface area contributed by atoms with Crippen molar-refractivity contribution in [3.8, 4) is 0 Å². The number of aromatic nitrogens is 1. The molecule has 19 heavy (non-hydrogen) atoms. The molecule has 1 aliphatic heterocycles. The Morgan fingerprint density at radius 1 is 1.37 bits per heavy atom. The fraction of sp³-hybridized carbons (Fsp3) is 0.267. The van der Waals surface area contributed by atoms with Crippen LogP contribution in [0.3, 0.4) is 0 Å². The number of fused-ring (bicyclic) bond motifs is 1. The van der Waals surface area contributed by atoms with Crippen LogP contribution in [0.2, 0.25) is 5.02 Å². The van der Waals surface area contributed by atoms with E-state index in [1.54, 1.807) is 0 Å². The Labute approximate surface area is 122 Å². The van der Waals surface area contributed by atoms with Crippen molar-refractivity contribution >= 4 is 29.1 Å². The molecular weight excluding hydrogens is 276 g/mol. The molecule has 0 bridgehead atoms. The first-order valence-corrected chi connectivity index (χ1v) is 7.71. The van der Waals surface area contributed by atoms with Crippen LogP contribution in [0.4, 0.5) is 5.69 Å². The fourth-order valence-electron chi connectivity index (χ4n) is 2.34. The standard InChI is InChI=1S/C15H15ClN2S/c1-10-13(3-2-7-17-10)18-14-6-8-19-15-5-4-11(16)9-12(14)15/h2-5,7,9,14,18H,6,8H2,1H3. The Morgan fingerprint density at radius 3 is 3.11 bits per heavy atom. The van der Waals surface area contributed by atoms with Crippen LogP contribution in [-0.4, -0.2) is 10.7 Å². The van der Waals surface area contributed by atoms with Crippen LogP contribution in [0.15, 0.2) is 41.4 Å². The van der Waals surface area contributed by atoms with Crippen molar-refractivity contribution < 1.29 is 0 Å². The van der Waals surface area contributed by atoms with E-state index in [0.717, 1.165) is 28.6 Å². The third-order valence-corrected chi connectivity index (χ3v) is 4.71. The minimum absolute atomic E-state index is 0.317. The number of rotatable bonds is 2. The number of aryl methyl sites for hydroxylation is 1. The number of benzene rings is 1. The molecule has 0 saturated heterocycles. The quantitative estimate of drug-likeness (QED) is 0.868. The molecule has 4 heteroatoms. The van der Waals surface area contributed by atoms with Gasteiger partial charge >= 0.3 is 0 Å². The third-order valence-electron chi connectivity index (χ3n) is 3.35. The van der Waals surface area contributed by atoms with Gasteiger partial charge in [-0.15, -0.1) is 11.8 Å². The first-order valence-electron chi connectivity index (χ1n) is 6.34. The Bertz CT molecular complexity index is 600. The number of hydrogen-bond donors (Lipinski definition) is 1. The first kappa shape index (κ1) is 12.8. The Balaban J connectivity index is 1.92. The lowest BCUT2D eigenvalue weighted by Crippen LogP contribution is -2.16. The van der Waals surface area contributed by atoms with Gasteiger partial charge in [-0.25, -0.2) is 0 Å². The Morgan fingerprint density at radius 2 is 2.26 bits per heavy atom. The molecule has 1 unspecified atom stereocenters. The number of pyridine rings is 1. The second-order valence-electron chi connectivity index (χ2n) is 4.65. The largest absolute Gasteiger partial charge is 0.377 e. The fourth-order valence-corrected chi connectivity index (χ4v) is 3.63. The van der Waals surface area contributed by atoms with Gasteiger partial charge in [0.15, 0.2) is 0 Å². The molecule has 1 aromatic heterocycles. The van der Waals surface area contributed by atoms with Crippen LogP contribution in [0.25, 0.3) is 0 Å². The summed E-state index contributed by atoms with van der Waals surface area (Å²) in [5.41, 5.74) is 3.43. The lowest BCUT2D eigenvalue weighted by atomic mass is 10.0. The molecule has 1 N–H and O–H groups in total. The Kier molecular flexibility index (Phi) is 3.67. The number of anilines is 1. The van der Waals surface area contributed by atoms with E-state index < -0.39 is 0 Å². The average Bonchev–Trinajstić information content (AvgIpc) is 2.42. The van der Waals surface area contributed by atoms with Crippen molar-refractivity contribution in [3.05, 3.63) is 52.8 Å². The summed E-state index contributed by atoms with van der Waals surface area (Å²) in [6.45, 7) is 2.03. The van der Waals surface area contributed by atoms with Gasteiger partial charge in [0.2, 0.25) is 0 Å². The zero-order valence-electron chi connectivity index (χ0n) is 10.7. The molecule has 1 aliphatic rings. The zero-order valence-corrected chi connectivity index (χ0v) is 12.3. The van der Waals surface area contributed by atoms with Gasteiger partial charge in [-0.3, -0.25) is 4.98 Å². The molecule has 0 radical (unpaired) electrons. The van der Waals surface area contributed by atoms with Gasteiger partial charge in [0.25, 0.3) is 0 Å². The number of halogens is 1. The van der Waals surface area contributed by atoms with Crippen molar-refractivity contribution in [3.63, 3.8) is 0 Å². The summed E-state index contributed by atoms with van der Waals surface area (Å²) in [4.78, 5) is 5.65. The maximum absolute atomic E-state index is 6.13. The molecule has 0 aliphatic carbocycles. The van der Waals surface area contributed by atoms with E-state index in [2.05, 4.69) is 28.5 Å². The maximum Gasteiger partial charge on any atom is 0.0603 e. The lowest BCUT2D eigenvalue weighted by molar-refractivity contribution is 0.727. The van der Waals surface area contributed by atoms with E-state index in [0.29, 0.717) is 6.04 Å². The highest BCUT2D eigenvalue weighted by atomic mass is 35.5. The second kappa shape index (κ2) is 5.43. The number of nitrogens with zero attached hydrogens (tertiary/aromatic N) is 1. The van der Waals surface area contributed by atoms with Gasteiger partial charge in [0.05, 0.1) is 17.4 Å². The average molecular weight is 291 g/mol. The summed E-state index contributed by atoms with van der Waals surface area (Å²) in [6.07, 6.45) is 2.92. The predicted octanol–water partition coefficient (Wildman–Crippen LogP) is 4.69. The minimum Gasteiger partial charge on any atom is -0.377 e. The third kappa shape index (κ3) is 2.72. The predicted molar refractivity (Wildman–Crippen MR) is 82.1 cm³/mol. The van der Waals surface area contributed by atoms with E-state index >= 15 is 0 Å². The minimum atomic E-state index is 0.317. The van der Waals surface area contributed by atoms with Crippen molar-refractivity contribution in [2.75, 3.05) is 11.1 Å². The monoisotopic (exact) mass is 290 g/mol. The summed E-state index contributed by atoms with van der Waals surface area (Å²) < 4.78 is 0. The highest BCUT2D eigenvalue weighted by Crippen LogP contribution is 2.39. The number of hydrogen-bond acceptors (Lipinski definition) is 3. The molecule has 2 heterocycles. The Hall–Kier alpha value is -1.19. The van der Waals surface area contributed by atoms with Gasteiger partial charge in [0.1, 0.15) is 0 Å². The van der Waals surface area contributed by atoms with Crippen LogP contribution in [0.1, 0.15) is 23.7 Å². The normalized spacial score (nSPS) is 17.9. The molecular formula is C15H15ClN2S. The van der Waals surface area contributed by atoms with E-state index in [1.165, 1.54) is 10.5 Å². The highest BCUT2D eigenvalue weighted by Gasteiger charge is 2.21. The van der Waals surface area contributed by atoms with E-state index in [9.17, 15) is 0 Å². The van der Waals surface area contributed by atoms with Gasteiger partial charge in [-0.2, -0.15) is 0 Å². The summed E-state index contributed by atoms with van der Waals surface area (Å²) in [5.74, 6) is 1.13. The molecule has 2 nitrogen and oxygen atoms in total. The van der Waals surface area contributed by atoms with Gasteiger partial charge in [-0.1, -0.05) is 11.6 Å². The number of nitrogens with one attached hydrogen (secondary N) is 1. The summed E-state index contributed by atoms with van der Waals surface area (Å²) in [7, 11) is 0. The topological polar surface area (TPSA) is 24.9 Å². The van der Waals surface area contributed by atoms with Crippen molar-refractivity contribution in [1.82, 2.24) is 4.98 Å². The summed E-state index contributed by atoms with van der Waals surface area (Å²) in [5, 5.41) is 4.40. The van der Waals surface area contributed by atoms with Crippen LogP contribution in [0.5, 0.6) is 0 Å². The SMILES string of the molecule is Cc1ncccc1NC1CCSc2ccc(Cl)cc21. The van der Waals surface area contributed by atoms with Crippen LogP contribution >= 0.6 is 23.4 Å². The van der Waals surface area contributed by atoms with Gasteiger partial charge < -0.3 is 5.32 Å². The molecule has 1 aromatic carbocycles. The molecule has 0 saturated carbocycles. The molecule has 0 spiro atoms. The first-order chi connectivity index (χ1) is 9.24. The maximum atomic E-state index is 6.13. The molecule has 98 valence electrons. The van der Waals surface area contributed by atoms with Crippen molar-refractivity contribution in [1.29, 1.82) is 0 Å². The summed E-state index contributed by atoms with van der Waals surface area (Å²) >= 11 is 8.03. The van der Waals surface area contributed by atoms with Gasteiger partial charge in [0, 0.05) is 21.9 Å². The highest BCUT2D eigenvalue weighted by molar-refractivity contribution is 7.99. The smallest absolute Gasteiger partial charge is 0.0603 e. The molecule has 3 rings (SSSR count). The molecule has 1 atom stereocenters. The summed E-state index contributed by atoms with van der Waals surface area (Å²) in [6, 6.07) is 10.5. The van der Waals surface area contributed by atoms with E-state index in [-0.39, 0.29) is 0 Å². The van der Waals surface area contributed by atoms with Crippen LogP contribution < -0.4 is 5.32 Å². The zero-order chi connectivity index (χ0) is 13.2. The lowest BCUT2D eigenvalue weighted by Gasteiger charge is -2.27. The van der Waals surface area contributed by atoms with Gasteiger partial charge in [-0.05, 0) is 49.2 Å². The van der Waals surface area contributed by atoms with Crippen molar-refractivity contribution in [2.24, 2.45) is 0 Å². The van der Waals surface area contributed by atoms with Crippen molar-refractivity contribution in [2.45, 2.75) is 24.3 Å². The molecule has 2 aromatic rings.